The Balaban J connectivity index is 0.000000195. The molecule has 0 spiro atoms. The van der Waals surface area contributed by atoms with E-state index in [2.05, 4.69) is 144 Å². The first kappa shape index (κ1) is 29.2. The number of hydrogen-bond donors (Lipinski definition) is 0. The average molecular weight is 693 g/mol. The number of benzene rings is 4. The van der Waals surface area contributed by atoms with Crippen molar-refractivity contribution in [2.45, 2.75) is 0 Å². The van der Waals surface area contributed by atoms with Gasteiger partial charge in [0.25, 0.3) is 0 Å². The summed E-state index contributed by atoms with van der Waals surface area (Å²) in [6.07, 6.45) is 0. The Morgan fingerprint density at radius 3 is 0.829 bits per heavy atom. The molecule has 0 unspecified atom stereocenters. The van der Waals surface area contributed by atoms with Gasteiger partial charge in [-0.15, -0.1) is 0 Å². The first-order chi connectivity index (χ1) is 17.3. The second-order valence-corrected chi connectivity index (χ2v) is 12.5. The third-order valence-corrected chi connectivity index (χ3v) is 10.2. The molecule has 0 atom stereocenters. The van der Waals surface area contributed by atoms with Crippen molar-refractivity contribution in [2.75, 3.05) is 13.3 Å². The van der Waals surface area contributed by atoms with Gasteiger partial charge in [0.15, 0.2) is 0 Å². The summed E-state index contributed by atoms with van der Waals surface area (Å²) in [5, 5.41) is 5.90. The molecule has 0 aliphatic rings. The van der Waals surface area contributed by atoms with Crippen LogP contribution in [-0.4, -0.2) is 13.3 Å². The van der Waals surface area contributed by atoms with Crippen LogP contribution in [0.2, 0.25) is 0 Å². The van der Waals surface area contributed by atoms with Crippen LogP contribution in [0.1, 0.15) is 0 Å². The molecule has 5 rings (SSSR count). The average Bonchev–Trinajstić information content (AvgIpc) is 3.56. The third-order valence-electron chi connectivity index (χ3n) is 5.38. The minimum Gasteiger partial charge on any atom is -0.214 e. The Hall–Kier alpha value is -1.98. The smallest absolute Gasteiger partial charge is 0.172 e. The summed E-state index contributed by atoms with van der Waals surface area (Å²) in [7, 11) is 3.58. The van der Waals surface area contributed by atoms with E-state index in [9.17, 15) is 0 Å². The SMILES string of the molecule is C[PH+](c1ccccc1)c1ccccc1.C[PH+](c1ccccc1)c1ccccc1.[Cl][Os].c1cc[cH-]c1. The molecule has 0 radical (unpaired) electrons. The van der Waals surface area contributed by atoms with Gasteiger partial charge in [0.05, 0.1) is 50.4 Å². The molecule has 4 heteroatoms. The number of hydrogen-bond acceptors (Lipinski definition) is 0. The predicted octanol–water partition coefficient (Wildman–Crippen LogP) is 7.06. The van der Waals surface area contributed by atoms with Crippen molar-refractivity contribution in [3.8, 4) is 0 Å². The van der Waals surface area contributed by atoms with Gasteiger partial charge in [0, 0.05) is 0 Å². The molecule has 5 aromatic rings. The molecule has 0 nitrogen and oxygen atoms in total. The maximum Gasteiger partial charge on any atom is -0.172 e. The van der Waals surface area contributed by atoms with Crippen molar-refractivity contribution < 1.29 is 17.6 Å². The molecular formula is C31H33ClOsP2+. The molecule has 0 amide bonds. The molecule has 0 fully saturated rings. The van der Waals surface area contributed by atoms with Gasteiger partial charge >= 0.3 is 27.2 Å². The van der Waals surface area contributed by atoms with Crippen LogP contribution >= 0.6 is 25.5 Å². The van der Waals surface area contributed by atoms with E-state index in [0.29, 0.717) is 0 Å². The molecule has 35 heavy (non-hydrogen) atoms. The van der Waals surface area contributed by atoms with E-state index in [4.69, 9.17) is 0 Å². The minimum absolute atomic E-state index is 0.545. The fourth-order valence-corrected chi connectivity index (χ4v) is 6.84. The van der Waals surface area contributed by atoms with E-state index < -0.39 is 15.8 Å². The monoisotopic (exact) mass is 694 g/mol. The summed E-state index contributed by atoms with van der Waals surface area (Å²) in [6, 6.07) is 53.0. The van der Waals surface area contributed by atoms with E-state index in [-0.39, 0.29) is 0 Å². The van der Waals surface area contributed by atoms with Crippen molar-refractivity contribution in [1.29, 1.82) is 0 Å². The summed E-state index contributed by atoms with van der Waals surface area (Å²) < 4.78 is 0. The van der Waals surface area contributed by atoms with Crippen LogP contribution in [-0.2, 0) is 17.6 Å². The van der Waals surface area contributed by atoms with Crippen molar-refractivity contribution in [3.63, 3.8) is 0 Å². The number of halogens is 1. The molecule has 0 N–H and O–H groups in total. The Kier molecular flexibility index (Phi) is 15.3. The van der Waals surface area contributed by atoms with Gasteiger partial charge in [-0.3, -0.25) is 0 Å². The van der Waals surface area contributed by atoms with Crippen LogP contribution in [0.15, 0.2) is 152 Å². The van der Waals surface area contributed by atoms with Gasteiger partial charge in [-0.05, 0) is 48.5 Å². The molecule has 0 saturated carbocycles. The quantitative estimate of drug-likeness (QED) is 0.140. The summed E-state index contributed by atoms with van der Waals surface area (Å²) >= 11 is 1.33. The summed E-state index contributed by atoms with van der Waals surface area (Å²) in [6.45, 7) is 4.69. The Morgan fingerprint density at radius 2 is 0.657 bits per heavy atom. The number of rotatable bonds is 4. The second-order valence-electron chi connectivity index (χ2n) is 7.68. The second kappa shape index (κ2) is 18.3. The van der Waals surface area contributed by atoms with Crippen molar-refractivity contribution in [3.05, 3.63) is 152 Å². The Morgan fingerprint density at radius 1 is 0.429 bits per heavy atom. The zero-order valence-electron chi connectivity index (χ0n) is 20.2. The van der Waals surface area contributed by atoms with Crippen LogP contribution in [0.3, 0.4) is 0 Å². The molecule has 0 saturated heterocycles. The molecule has 0 aliphatic heterocycles. The zero-order chi connectivity index (χ0) is 25.1. The third kappa shape index (κ3) is 11.1. The van der Waals surface area contributed by atoms with E-state index >= 15 is 0 Å². The zero-order valence-corrected chi connectivity index (χ0v) is 25.5. The largest absolute Gasteiger partial charge is 0.214 e. The molecule has 181 valence electrons. The van der Waals surface area contributed by atoms with Crippen molar-refractivity contribution in [2.24, 2.45) is 0 Å². The van der Waals surface area contributed by atoms with Crippen LogP contribution in [0, 0.1) is 0 Å². The van der Waals surface area contributed by atoms with Gasteiger partial charge in [-0.1, -0.05) is 72.8 Å². The summed E-state index contributed by atoms with van der Waals surface area (Å²) in [5.74, 6) is 0. The van der Waals surface area contributed by atoms with Gasteiger partial charge in [-0.25, -0.2) is 12.1 Å². The van der Waals surface area contributed by atoms with Crippen LogP contribution < -0.4 is 21.2 Å². The molecule has 0 aliphatic carbocycles. The van der Waals surface area contributed by atoms with Crippen LogP contribution in [0.5, 0.6) is 0 Å². The van der Waals surface area contributed by atoms with Crippen molar-refractivity contribution >= 4 is 46.7 Å². The van der Waals surface area contributed by atoms with E-state index in [1.807, 2.05) is 30.3 Å². The molecule has 5 aromatic carbocycles. The fourth-order valence-electron chi connectivity index (χ4n) is 3.41. The van der Waals surface area contributed by atoms with Gasteiger partial charge < -0.3 is 0 Å². The maximum atomic E-state index is 4.67. The fraction of sp³-hybridized carbons (Fsp3) is 0.0645. The molecule has 0 aromatic heterocycles. The van der Waals surface area contributed by atoms with Crippen molar-refractivity contribution in [1.82, 2.24) is 0 Å². The van der Waals surface area contributed by atoms with Crippen LogP contribution in [0.4, 0.5) is 0 Å². The normalized spacial score (nSPS) is 9.66. The summed E-state index contributed by atoms with van der Waals surface area (Å²) in [5.41, 5.74) is 0. The predicted molar refractivity (Wildman–Crippen MR) is 161 cm³/mol. The van der Waals surface area contributed by atoms with E-state index in [1.54, 1.807) is 0 Å². The van der Waals surface area contributed by atoms with E-state index in [0.717, 1.165) is 0 Å². The molecule has 0 bridgehead atoms. The van der Waals surface area contributed by atoms with Gasteiger partial charge in [-0.2, -0.15) is 18.2 Å². The standard InChI is InChI=1S/2C13H13P.C5H5.ClH.Os/c2*1-14(12-8-4-2-5-9-12)13-10-6-3-7-11-13;1-2-4-5-3-1;;/h2*2-11H,1H3;1-5H;1H;/q;;-1;;+1/p+1. The first-order valence-electron chi connectivity index (χ1n) is 11.4. The topological polar surface area (TPSA) is 0 Å². The van der Waals surface area contributed by atoms with Gasteiger partial charge in [0.1, 0.15) is 0 Å². The first-order valence-corrected chi connectivity index (χ1v) is 18.6. The Bertz CT molecular complexity index is 943. The summed E-state index contributed by atoms with van der Waals surface area (Å²) in [4.78, 5) is 0. The molecule has 0 heterocycles. The van der Waals surface area contributed by atoms with Gasteiger partial charge in [0.2, 0.25) is 0 Å². The Labute approximate surface area is 228 Å². The van der Waals surface area contributed by atoms with E-state index in [1.165, 1.54) is 38.8 Å². The van der Waals surface area contributed by atoms with Crippen LogP contribution in [0.25, 0.3) is 0 Å². The minimum atomic E-state index is -0.545. The maximum absolute atomic E-state index is 4.67. The molecular weight excluding hydrogens is 660 g/mol.